The predicted octanol–water partition coefficient (Wildman–Crippen LogP) is -1.13. The van der Waals surface area contributed by atoms with E-state index in [9.17, 15) is 18.0 Å². The maximum atomic E-state index is 10.9. The Hall–Kier alpha value is -0.800. The summed E-state index contributed by atoms with van der Waals surface area (Å²) in [5, 5.41) is 10.4. The summed E-state index contributed by atoms with van der Waals surface area (Å²) in [5.74, 6) is -2.22. The number of carboxylic acid groups (broad SMARTS) is 1. The zero-order chi connectivity index (χ0) is 11.0. The van der Waals surface area contributed by atoms with Crippen LogP contribution in [0.1, 0.15) is 6.42 Å². The number of hydrogen-bond donors (Lipinski definition) is 3. The molecule has 0 bridgehead atoms. The molecule has 9 heteroatoms. The van der Waals surface area contributed by atoms with E-state index >= 15 is 0 Å². The Bertz CT molecular complexity index is 376. The highest BCUT2D eigenvalue weighted by molar-refractivity contribution is 8.13. The fourth-order valence-electron chi connectivity index (χ4n) is 0.991. The Morgan fingerprint density at radius 1 is 1.64 bits per heavy atom. The third-order valence-corrected chi connectivity index (χ3v) is 4.75. The van der Waals surface area contributed by atoms with Crippen molar-refractivity contribution in [3.05, 3.63) is 0 Å². The van der Waals surface area contributed by atoms with Gasteiger partial charge in [-0.15, -0.1) is 11.8 Å². The Labute approximate surface area is 83.6 Å². The molecule has 1 rings (SSSR count). The minimum Gasteiger partial charge on any atom is -0.481 e. The van der Waals surface area contributed by atoms with Crippen molar-refractivity contribution in [1.82, 2.24) is 5.32 Å². The lowest BCUT2D eigenvalue weighted by molar-refractivity contribution is -0.137. The van der Waals surface area contributed by atoms with Crippen molar-refractivity contribution in [2.75, 3.05) is 5.75 Å². The van der Waals surface area contributed by atoms with Crippen LogP contribution in [0, 0.1) is 0 Å². The van der Waals surface area contributed by atoms with Crippen molar-refractivity contribution in [3.8, 4) is 0 Å². The summed E-state index contributed by atoms with van der Waals surface area (Å²) in [5.41, 5.74) is 0. The number of nitrogens with one attached hydrogen (secondary N) is 1. The number of carboxylic acids is 1. The summed E-state index contributed by atoms with van der Waals surface area (Å²) in [6, 6.07) is 0. The molecule has 0 spiro atoms. The fourth-order valence-corrected chi connectivity index (χ4v) is 3.16. The molecule has 1 amide bonds. The lowest BCUT2D eigenvalue weighted by Gasteiger charge is -2.21. The Morgan fingerprint density at radius 3 is 2.50 bits per heavy atom. The molecule has 0 aromatic heterocycles. The van der Waals surface area contributed by atoms with Gasteiger partial charge in [0.05, 0.1) is 12.2 Å². The maximum absolute atomic E-state index is 10.9. The van der Waals surface area contributed by atoms with Crippen molar-refractivity contribution >= 4 is 33.8 Å². The minimum absolute atomic E-state index is 0.187. The van der Waals surface area contributed by atoms with E-state index in [-0.39, 0.29) is 5.75 Å². The zero-order valence-electron chi connectivity index (χ0n) is 6.76. The molecule has 7 nitrogen and oxygen atoms in total. The molecule has 1 aliphatic rings. The van der Waals surface area contributed by atoms with Gasteiger partial charge in [-0.25, -0.2) is 0 Å². The fraction of sp³-hybridized carbons (Fsp3) is 0.600. The van der Waals surface area contributed by atoms with Crippen molar-refractivity contribution in [3.63, 3.8) is 0 Å². The molecular weight excluding hydrogens is 234 g/mol. The van der Waals surface area contributed by atoms with E-state index in [0.717, 1.165) is 0 Å². The minimum atomic E-state index is -4.64. The summed E-state index contributed by atoms with van der Waals surface area (Å²) < 4.78 is 28.5. The van der Waals surface area contributed by atoms with Crippen LogP contribution < -0.4 is 5.32 Å². The zero-order valence-corrected chi connectivity index (χ0v) is 8.39. The van der Waals surface area contributed by atoms with E-state index in [2.05, 4.69) is 0 Å². The number of thioether (sulfide) groups is 1. The molecule has 0 aromatic carbocycles. The number of aliphatic carboxylic acids is 1. The van der Waals surface area contributed by atoms with Crippen LogP contribution in [0.3, 0.4) is 0 Å². The van der Waals surface area contributed by atoms with Gasteiger partial charge < -0.3 is 10.4 Å². The molecule has 0 aromatic rings. The van der Waals surface area contributed by atoms with Crippen LogP contribution in [0.4, 0.5) is 0 Å². The summed E-state index contributed by atoms with van der Waals surface area (Å²) >= 11 is 0.554. The maximum Gasteiger partial charge on any atom is 0.307 e. The van der Waals surface area contributed by atoms with Crippen LogP contribution >= 0.6 is 11.8 Å². The van der Waals surface area contributed by atoms with Crippen LogP contribution in [-0.2, 0) is 19.7 Å². The second kappa shape index (κ2) is 3.41. The van der Waals surface area contributed by atoms with Crippen LogP contribution in [0.15, 0.2) is 0 Å². The standard InChI is InChI=1S/C5H7NO6S2/c7-3-2-13-5(6-3,1-4(8)9)14(10,11)12/h1-2H2,(H,6,7)(H,8,9)(H,10,11,12). The number of carbonyl (C=O) groups is 2. The van der Waals surface area contributed by atoms with E-state index < -0.39 is 32.6 Å². The number of amides is 1. The molecule has 3 N–H and O–H groups in total. The second-order valence-corrected chi connectivity index (χ2v) is 5.82. The first-order valence-corrected chi connectivity index (χ1v) is 5.83. The van der Waals surface area contributed by atoms with Crippen LogP contribution in [0.5, 0.6) is 0 Å². The van der Waals surface area contributed by atoms with E-state index in [1.807, 2.05) is 5.32 Å². The molecular formula is C5H7NO6S2. The van der Waals surface area contributed by atoms with Gasteiger partial charge >= 0.3 is 5.97 Å². The summed E-state index contributed by atoms with van der Waals surface area (Å²) in [4.78, 5) is 21.2. The molecule has 0 radical (unpaired) electrons. The van der Waals surface area contributed by atoms with Gasteiger partial charge in [-0.05, 0) is 0 Å². The predicted molar refractivity (Wildman–Crippen MR) is 47.1 cm³/mol. The number of carbonyl (C=O) groups excluding carboxylic acids is 1. The molecule has 14 heavy (non-hydrogen) atoms. The Balaban J connectivity index is 3.04. The van der Waals surface area contributed by atoms with Crippen LogP contribution in [0.2, 0.25) is 0 Å². The largest absolute Gasteiger partial charge is 0.481 e. The first-order chi connectivity index (χ1) is 6.27. The SMILES string of the molecule is O=C(O)CC1(S(=O)(=O)O)NC(=O)CS1. The lowest BCUT2D eigenvalue weighted by atomic mass is 10.4. The van der Waals surface area contributed by atoms with Gasteiger partial charge in [0.1, 0.15) is 0 Å². The average molecular weight is 241 g/mol. The summed E-state index contributed by atoms with van der Waals surface area (Å²) in [6.07, 6.45) is -0.873. The van der Waals surface area contributed by atoms with Crippen LogP contribution in [0.25, 0.3) is 0 Å². The van der Waals surface area contributed by atoms with Gasteiger partial charge in [-0.1, -0.05) is 0 Å². The normalized spacial score (nSPS) is 27.4. The molecule has 1 fully saturated rings. The highest BCUT2D eigenvalue weighted by atomic mass is 32.3. The third-order valence-electron chi connectivity index (χ3n) is 1.57. The quantitative estimate of drug-likeness (QED) is 0.534. The molecule has 0 aliphatic carbocycles. The Kier molecular flexibility index (Phi) is 2.74. The van der Waals surface area contributed by atoms with E-state index in [1.54, 1.807) is 0 Å². The van der Waals surface area contributed by atoms with E-state index in [4.69, 9.17) is 9.66 Å². The molecule has 1 atom stereocenters. The molecule has 1 heterocycles. The molecule has 1 saturated heterocycles. The number of rotatable bonds is 3. The van der Waals surface area contributed by atoms with Crippen molar-refractivity contribution < 1.29 is 27.7 Å². The lowest BCUT2D eigenvalue weighted by Crippen LogP contribution is -2.48. The molecule has 1 aliphatic heterocycles. The average Bonchev–Trinajstić information content (AvgIpc) is 2.29. The van der Waals surface area contributed by atoms with Crippen molar-refractivity contribution in [2.45, 2.75) is 10.6 Å². The van der Waals surface area contributed by atoms with Gasteiger partial charge in [-0.2, -0.15) is 8.42 Å². The van der Waals surface area contributed by atoms with Crippen LogP contribution in [-0.4, -0.2) is 39.9 Å². The third kappa shape index (κ3) is 1.99. The van der Waals surface area contributed by atoms with Gasteiger partial charge in [0, 0.05) is 0 Å². The van der Waals surface area contributed by atoms with Crippen molar-refractivity contribution in [2.24, 2.45) is 0 Å². The summed E-state index contributed by atoms with van der Waals surface area (Å²) in [7, 11) is -4.64. The molecule has 0 saturated carbocycles. The topological polar surface area (TPSA) is 121 Å². The van der Waals surface area contributed by atoms with Gasteiger partial charge in [0.25, 0.3) is 10.1 Å². The van der Waals surface area contributed by atoms with E-state index in [1.165, 1.54) is 0 Å². The molecule has 80 valence electrons. The van der Waals surface area contributed by atoms with E-state index in [0.29, 0.717) is 11.8 Å². The monoisotopic (exact) mass is 241 g/mol. The highest BCUT2D eigenvalue weighted by Gasteiger charge is 2.51. The molecule has 1 unspecified atom stereocenters. The smallest absolute Gasteiger partial charge is 0.307 e. The highest BCUT2D eigenvalue weighted by Crippen LogP contribution is 2.35. The van der Waals surface area contributed by atoms with Crippen molar-refractivity contribution in [1.29, 1.82) is 0 Å². The summed E-state index contributed by atoms with van der Waals surface area (Å²) in [6.45, 7) is 0. The first kappa shape index (κ1) is 11.3. The first-order valence-electron chi connectivity index (χ1n) is 3.41. The second-order valence-electron chi connectivity index (χ2n) is 2.64. The van der Waals surface area contributed by atoms with Gasteiger partial charge in [0.2, 0.25) is 10.1 Å². The number of hydrogen-bond acceptors (Lipinski definition) is 5. The van der Waals surface area contributed by atoms with Gasteiger partial charge in [-0.3, -0.25) is 14.1 Å². The Morgan fingerprint density at radius 2 is 2.21 bits per heavy atom. The van der Waals surface area contributed by atoms with Gasteiger partial charge in [0.15, 0.2) is 0 Å².